The third-order valence-corrected chi connectivity index (χ3v) is 21.2. The second-order valence-electron chi connectivity index (χ2n) is 26.5. The Balaban J connectivity index is 0.898. The van der Waals surface area contributed by atoms with Crippen LogP contribution in [0.4, 0.5) is 0 Å². The molecule has 0 bridgehead atoms. The Morgan fingerprint density at radius 3 is 1.96 bits per heavy atom. The van der Waals surface area contributed by atoms with Crippen LogP contribution in [0.3, 0.4) is 0 Å². The second kappa shape index (κ2) is 21.6. The van der Waals surface area contributed by atoms with E-state index in [1.54, 1.807) is 0 Å². The minimum absolute atomic E-state index is 0.0866. The molecule has 0 aromatic carbocycles. The zero-order valence-electron chi connectivity index (χ0n) is 46.0. The van der Waals surface area contributed by atoms with E-state index in [2.05, 4.69) is 54.5 Å². The van der Waals surface area contributed by atoms with E-state index in [4.69, 9.17) is 42.6 Å². The number of hydrogen-bond acceptors (Lipinski definition) is 22. The molecule has 440 valence electrons. The molecule has 4 aliphatic heterocycles. The van der Waals surface area contributed by atoms with Crippen LogP contribution in [0.2, 0.25) is 0 Å². The van der Waals surface area contributed by atoms with Crippen LogP contribution in [0.5, 0.6) is 0 Å². The first-order chi connectivity index (χ1) is 35.9. The number of rotatable bonds is 11. The van der Waals surface area contributed by atoms with Crippen LogP contribution in [0.15, 0.2) is 11.6 Å². The second-order valence-corrected chi connectivity index (χ2v) is 26.5. The first kappa shape index (κ1) is 59.6. The van der Waals surface area contributed by atoms with Crippen LogP contribution >= 0.6 is 0 Å². The topological polar surface area (TPSA) is 340 Å². The molecule has 0 amide bonds. The number of aliphatic hydroxyl groups is 11. The highest BCUT2D eigenvalue weighted by Crippen LogP contribution is 2.76. The molecule has 77 heavy (non-hydrogen) atoms. The van der Waals surface area contributed by atoms with E-state index in [1.165, 1.54) is 12.5 Å². The zero-order valence-corrected chi connectivity index (χ0v) is 46.0. The first-order valence-corrected chi connectivity index (χ1v) is 28.0. The summed E-state index contributed by atoms with van der Waals surface area (Å²) in [6, 6.07) is 0. The molecular formula is C55H88O22. The highest BCUT2D eigenvalue weighted by Gasteiger charge is 2.70. The molecule has 27 unspecified atom stereocenters. The molecule has 0 aromatic heterocycles. The highest BCUT2D eigenvalue weighted by atomic mass is 16.8. The Hall–Kier alpha value is -2.04. The van der Waals surface area contributed by atoms with Gasteiger partial charge in [0, 0.05) is 6.92 Å². The van der Waals surface area contributed by atoms with Crippen molar-refractivity contribution in [1.82, 2.24) is 0 Å². The summed E-state index contributed by atoms with van der Waals surface area (Å²) < 4.78 is 52.7. The van der Waals surface area contributed by atoms with Crippen LogP contribution < -0.4 is 0 Å². The number of fused-ring (bicyclic) bond motifs is 7. The fraction of sp³-hybridized carbons (Fsp3) is 0.927. The monoisotopic (exact) mass is 1100 g/mol. The molecule has 11 N–H and O–H groups in total. The lowest BCUT2D eigenvalue weighted by Gasteiger charge is -2.71. The van der Waals surface area contributed by atoms with Crippen molar-refractivity contribution in [2.45, 2.75) is 249 Å². The maximum atomic E-state index is 15.2. The molecule has 9 rings (SSSR count). The molecule has 22 nitrogen and oxygen atoms in total. The predicted molar refractivity (Wildman–Crippen MR) is 265 cm³/mol. The molecule has 8 fully saturated rings. The van der Waals surface area contributed by atoms with Gasteiger partial charge in [0.1, 0.15) is 92.1 Å². The van der Waals surface area contributed by atoms with Crippen molar-refractivity contribution in [3.8, 4) is 0 Å². The fourth-order valence-electron chi connectivity index (χ4n) is 16.3. The largest absolute Gasteiger partial charge is 0.463 e. The molecule has 4 saturated carbocycles. The Kier molecular flexibility index (Phi) is 16.7. The van der Waals surface area contributed by atoms with Gasteiger partial charge in [0.15, 0.2) is 18.9 Å². The Bertz CT molecular complexity index is 2160. The number of carbonyl (C=O) groups is 2. The van der Waals surface area contributed by atoms with Gasteiger partial charge in [-0.25, -0.2) is 0 Å². The summed E-state index contributed by atoms with van der Waals surface area (Å²) in [6.45, 7) is 17.4. The van der Waals surface area contributed by atoms with Crippen molar-refractivity contribution in [3.05, 3.63) is 11.6 Å². The fourth-order valence-corrected chi connectivity index (χ4v) is 16.3. The van der Waals surface area contributed by atoms with E-state index in [-0.39, 0.29) is 51.6 Å². The molecule has 22 heteroatoms. The smallest absolute Gasteiger partial charge is 0.315 e. The standard InChI is InChI=1S/C55H88O22/c1-24-34(58)37(61)41(65)47(72-24)76-44-30(23-69-25(2)56)74-45(43(67)39(44)63)71-22-29-36(60)38(62)42(66)48(73-29)77-49(68)55-18-16-50(3,4)20-27(55)26-10-11-32-52(7)14-13-33(75-46-40(64)35(59)28(57)21-70-46)51(5,6)31(52)12-15-54(32,9)53(26,8)17-19-55/h10,24,27-48,57-67H,11-23H2,1-9H3. The van der Waals surface area contributed by atoms with Crippen molar-refractivity contribution in [1.29, 1.82) is 0 Å². The molecular weight excluding hydrogens is 1010 g/mol. The summed E-state index contributed by atoms with van der Waals surface area (Å²) in [5.74, 6) is -0.975. The van der Waals surface area contributed by atoms with Gasteiger partial charge in [0.25, 0.3) is 0 Å². The quantitative estimate of drug-likeness (QED) is 0.0748. The lowest BCUT2D eigenvalue weighted by atomic mass is 9.33. The molecule has 0 spiro atoms. The number of ether oxygens (including phenoxy) is 9. The van der Waals surface area contributed by atoms with Crippen molar-refractivity contribution in [2.75, 3.05) is 19.8 Å². The Labute approximate surface area is 450 Å². The Morgan fingerprint density at radius 1 is 0.623 bits per heavy atom. The van der Waals surface area contributed by atoms with Gasteiger partial charge in [0.2, 0.25) is 6.29 Å². The highest BCUT2D eigenvalue weighted by molar-refractivity contribution is 5.79. The summed E-state index contributed by atoms with van der Waals surface area (Å²) in [5.41, 5.74) is -0.722. The van der Waals surface area contributed by atoms with E-state index < -0.39 is 147 Å². The maximum absolute atomic E-state index is 15.2. The van der Waals surface area contributed by atoms with Crippen molar-refractivity contribution >= 4 is 11.9 Å². The summed E-state index contributed by atoms with van der Waals surface area (Å²) in [7, 11) is 0. The normalized spacial score (nSPS) is 52.4. The lowest BCUT2D eigenvalue weighted by Crippen LogP contribution is -2.66. The molecule has 27 atom stereocenters. The summed E-state index contributed by atoms with van der Waals surface area (Å²) in [5, 5.41) is 119. The van der Waals surface area contributed by atoms with Crippen LogP contribution in [0.25, 0.3) is 0 Å². The van der Waals surface area contributed by atoms with Gasteiger partial charge in [-0.3, -0.25) is 9.59 Å². The van der Waals surface area contributed by atoms with Crippen molar-refractivity contribution in [2.24, 2.45) is 50.2 Å². The number of hydrogen-bond donors (Lipinski definition) is 11. The van der Waals surface area contributed by atoms with Gasteiger partial charge in [-0.2, -0.15) is 0 Å². The number of aliphatic hydroxyl groups excluding tert-OH is 11. The molecule has 9 aliphatic rings. The van der Waals surface area contributed by atoms with Crippen LogP contribution in [0.1, 0.15) is 127 Å². The van der Waals surface area contributed by atoms with Gasteiger partial charge in [-0.05, 0) is 116 Å². The van der Waals surface area contributed by atoms with Gasteiger partial charge in [-0.15, -0.1) is 0 Å². The van der Waals surface area contributed by atoms with Crippen LogP contribution in [0, 0.1) is 50.2 Å². The van der Waals surface area contributed by atoms with Crippen LogP contribution in [-0.2, 0) is 52.2 Å². The summed E-state index contributed by atoms with van der Waals surface area (Å²) >= 11 is 0. The molecule has 4 saturated heterocycles. The maximum Gasteiger partial charge on any atom is 0.315 e. The Morgan fingerprint density at radius 2 is 1.26 bits per heavy atom. The SMILES string of the molecule is CC(=O)OCC1OC(OCC2OC(OC(=O)C34CCC(C)(C)CC3C3=CCC5C6(C)CCC(OC7OCC(O)C(O)C7O)C(C)(C)C6CCC5(C)C3(C)CC4)C(O)C(O)C2O)C(O)C(O)C1OC1OC(C)C(O)C(O)C1O. The third kappa shape index (κ3) is 10.2. The van der Waals surface area contributed by atoms with E-state index in [9.17, 15) is 61.0 Å². The van der Waals surface area contributed by atoms with Crippen LogP contribution in [-0.4, -0.2) is 211 Å². The minimum atomic E-state index is -1.90. The van der Waals surface area contributed by atoms with Crippen molar-refractivity contribution < 1.29 is 108 Å². The average Bonchev–Trinajstić information content (AvgIpc) is 3.51. The number of esters is 2. The zero-order chi connectivity index (χ0) is 56.3. The van der Waals surface area contributed by atoms with E-state index >= 15 is 4.79 Å². The molecule has 5 aliphatic carbocycles. The molecule has 0 radical (unpaired) electrons. The van der Waals surface area contributed by atoms with Gasteiger partial charge in [0.05, 0.1) is 30.8 Å². The number of carbonyl (C=O) groups excluding carboxylic acids is 2. The average molecular weight is 1100 g/mol. The molecule has 0 aromatic rings. The lowest BCUT2D eigenvalue weighted by molar-refractivity contribution is -0.361. The summed E-state index contributed by atoms with van der Waals surface area (Å²) in [6.07, 6.45) is -20.1. The first-order valence-electron chi connectivity index (χ1n) is 28.0. The number of allylic oxidation sites excluding steroid dienone is 2. The van der Waals surface area contributed by atoms with E-state index in [1.807, 2.05) is 0 Å². The van der Waals surface area contributed by atoms with E-state index in [0.717, 1.165) is 45.4 Å². The minimum Gasteiger partial charge on any atom is -0.463 e. The third-order valence-electron chi connectivity index (χ3n) is 21.2. The van der Waals surface area contributed by atoms with Gasteiger partial charge in [-0.1, -0.05) is 60.1 Å². The van der Waals surface area contributed by atoms with Gasteiger partial charge >= 0.3 is 11.9 Å². The predicted octanol–water partition coefficient (Wildman–Crippen LogP) is 0.202. The summed E-state index contributed by atoms with van der Waals surface area (Å²) in [4.78, 5) is 27.0. The van der Waals surface area contributed by atoms with E-state index in [0.29, 0.717) is 31.6 Å². The van der Waals surface area contributed by atoms with Gasteiger partial charge < -0.3 is 98.8 Å². The molecule has 4 heterocycles. The van der Waals surface area contributed by atoms with Crippen molar-refractivity contribution in [3.63, 3.8) is 0 Å².